The number of aliphatic carboxylic acids is 1. The summed E-state index contributed by atoms with van der Waals surface area (Å²) in [7, 11) is 0. The predicted octanol–water partition coefficient (Wildman–Crippen LogP) is 2.52. The third kappa shape index (κ3) is 3.47. The second-order valence-corrected chi connectivity index (χ2v) is 5.30. The molecule has 1 saturated carbocycles. The van der Waals surface area contributed by atoms with E-state index in [0.29, 0.717) is 5.02 Å². The first-order valence-corrected chi connectivity index (χ1v) is 6.64. The maximum atomic E-state index is 12.4. The summed E-state index contributed by atoms with van der Waals surface area (Å²) in [5.41, 5.74) is 0.813. The summed E-state index contributed by atoms with van der Waals surface area (Å²) < 4.78 is 0. The predicted molar refractivity (Wildman–Crippen MR) is 72.2 cm³/mol. The Morgan fingerprint density at radius 3 is 2.68 bits per heavy atom. The zero-order chi connectivity index (χ0) is 14.0. The molecule has 102 valence electrons. The van der Waals surface area contributed by atoms with Gasteiger partial charge in [0, 0.05) is 11.1 Å². The van der Waals surface area contributed by atoms with Gasteiger partial charge in [0.15, 0.2) is 0 Å². The lowest BCUT2D eigenvalue weighted by atomic mass is 9.99. The van der Waals surface area contributed by atoms with E-state index in [-0.39, 0.29) is 24.4 Å². The molecular formula is C14H16ClNO3. The second kappa shape index (κ2) is 5.61. The Kier molecular flexibility index (Phi) is 4.10. The van der Waals surface area contributed by atoms with E-state index in [1.165, 1.54) is 4.90 Å². The van der Waals surface area contributed by atoms with Crippen molar-refractivity contribution in [1.82, 2.24) is 4.90 Å². The molecule has 1 fully saturated rings. The highest BCUT2D eigenvalue weighted by Gasteiger charge is 2.36. The molecule has 1 aliphatic rings. The van der Waals surface area contributed by atoms with Crippen LogP contribution in [0.1, 0.15) is 31.2 Å². The van der Waals surface area contributed by atoms with E-state index in [2.05, 4.69) is 0 Å². The third-order valence-corrected chi connectivity index (χ3v) is 3.53. The largest absolute Gasteiger partial charge is 0.480 e. The van der Waals surface area contributed by atoms with Crippen molar-refractivity contribution in [3.8, 4) is 0 Å². The minimum Gasteiger partial charge on any atom is -0.480 e. The Labute approximate surface area is 117 Å². The van der Waals surface area contributed by atoms with E-state index in [9.17, 15) is 9.59 Å². The van der Waals surface area contributed by atoms with Gasteiger partial charge in [-0.1, -0.05) is 23.7 Å². The molecule has 1 amide bonds. The summed E-state index contributed by atoms with van der Waals surface area (Å²) in [5.74, 6) is -1.50. The number of benzene rings is 1. The van der Waals surface area contributed by atoms with Gasteiger partial charge < -0.3 is 10.0 Å². The topological polar surface area (TPSA) is 57.6 Å². The molecule has 0 radical (unpaired) electrons. The smallest absolute Gasteiger partial charge is 0.323 e. The molecule has 5 heteroatoms. The molecule has 1 aromatic rings. The Hall–Kier alpha value is -1.55. The van der Waals surface area contributed by atoms with Crippen LogP contribution in [0.5, 0.6) is 0 Å². The van der Waals surface area contributed by atoms with E-state index in [4.69, 9.17) is 16.7 Å². The lowest BCUT2D eigenvalue weighted by molar-refractivity contribution is -0.145. The molecule has 19 heavy (non-hydrogen) atoms. The lowest BCUT2D eigenvalue weighted by Crippen LogP contribution is -2.39. The SMILES string of the molecule is CC(C(=O)N(CC(=O)O)C1CC1)c1cccc(Cl)c1. The third-order valence-electron chi connectivity index (χ3n) is 3.30. The van der Waals surface area contributed by atoms with E-state index >= 15 is 0 Å². The van der Waals surface area contributed by atoms with E-state index < -0.39 is 5.97 Å². The van der Waals surface area contributed by atoms with Gasteiger partial charge in [-0.15, -0.1) is 0 Å². The van der Waals surface area contributed by atoms with Gasteiger partial charge in [-0.2, -0.15) is 0 Å². The quantitative estimate of drug-likeness (QED) is 0.902. The molecule has 0 spiro atoms. The van der Waals surface area contributed by atoms with Crippen molar-refractivity contribution < 1.29 is 14.7 Å². The molecule has 0 saturated heterocycles. The minimum absolute atomic E-state index is 0.0882. The number of carboxylic acids is 1. The van der Waals surface area contributed by atoms with Crippen LogP contribution in [0.15, 0.2) is 24.3 Å². The molecule has 1 aliphatic carbocycles. The van der Waals surface area contributed by atoms with Crippen LogP contribution in [0.3, 0.4) is 0 Å². The van der Waals surface area contributed by atoms with Crippen molar-refractivity contribution in [3.63, 3.8) is 0 Å². The molecular weight excluding hydrogens is 266 g/mol. The number of rotatable bonds is 5. The molecule has 2 rings (SSSR count). The first kappa shape index (κ1) is 13.9. The molecule has 0 aromatic heterocycles. The van der Waals surface area contributed by atoms with Crippen LogP contribution in [-0.4, -0.2) is 34.5 Å². The van der Waals surface area contributed by atoms with Crippen molar-refractivity contribution in [1.29, 1.82) is 0 Å². The van der Waals surface area contributed by atoms with Gasteiger partial charge in [0.2, 0.25) is 5.91 Å². The number of carboxylic acid groups (broad SMARTS) is 1. The first-order valence-electron chi connectivity index (χ1n) is 6.26. The number of amides is 1. The lowest BCUT2D eigenvalue weighted by Gasteiger charge is -2.24. The van der Waals surface area contributed by atoms with Gasteiger partial charge >= 0.3 is 5.97 Å². The van der Waals surface area contributed by atoms with Crippen molar-refractivity contribution in [3.05, 3.63) is 34.9 Å². The first-order chi connectivity index (χ1) is 8.99. The summed E-state index contributed by atoms with van der Waals surface area (Å²) in [6.07, 6.45) is 1.78. The number of halogens is 1. The van der Waals surface area contributed by atoms with Gasteiger partial charge in [-0.25, -0.2) is 0 Å². The molecule has 0 heterocycles. The summed E-state index contributed by atoms with van der Waals surface area (Å²) in [5, 5.41) is 9.47. The Bertz CT molecular complexity index is 499. The highest BCUT2D eigenvalue weighted by molar-refractivity contribution is 6.30. The van der Waals surface area contributed by atoms with E-state index in [1.54, 1.807) is 25.1 Å². The average molecular weight is 282 g/mol. The molecule has 1 aromatic carbocycles. The van der Waals surface area contributed by atoms with E-state index in [0.717, 1.165) is 18.4 Å². The van der Waals surface area contributed by atoms with Crippen molar-refractivity contribution in [2.45, 2.75) is 31.7 Å². The highest BCUT2D eigenvalue weighted by atomic mass is 35.5. The maximum Gasteiger partial charge on any atom is 0.323 e. The van der Waals surface area contributed by atoms with Crippen molar-refractivity contribution >= 4 is 23.5 Å². The molecule has 4 nitrogen and oxygen atoms in total. The number of hydrogen-bond acceptors (Lipinski definition) is 2. The standard InChI is InChI=1S/C14H16ClNO3/c1-9(10-3-2-4-11(15)7-10)14(19)16(8-13(17)18)12-5-6-12/h2-4,7,9,12H,5-6,8H2,1H3,(H,17,18). The normalized spacial score (nSPS) is 15.9. The minimum atomic E-state index is -0.974. The Morgan fingerprint density at radius 1 is 1.47 bits per heavy atom. The van der Waals surface area contributed by atoms with Crippen LogP contribution < -0.4 is 0 Å². The highest BCUT2D eigenvalue weighted by Crippen LogP contribution is 2.30. The van der Waals surface area contributed by atoms with Gasteiger partial charge in [0.1, 0.15) is 6.54 Å². The van der Waals surface area contributed by atoms with Crippen LogP contribution >= 0.6 is 11.6 Å². The number of hydrogen-bond donors (Lipinski definition) is 1. The molecule has 1 atom stereocenters. The number of nitrogens with zero attached hydrogens (tertiary/aromatic N) is 1. The van der Waals surface area contributed by atoms with Gasteiger partial charge in [-0.05, 0) is 37.5 Å². The average Bonchev–Trinajstić information content (AvgIpc) is 3.18. The Morgan fingerprint density at radius 2 is 2.16 bits per heavy atom. The second-order valence-electron chi connectivity index (χ2n) is 4.87. The van der Waals surface area contributed by atoms with Crippen LogP contribution in [0.25, 0.3) is 0 Å². The monoisotopic (exact) mass is 281 g/mol. The van der Waals surface area contributed by atoms with Crippen LogP contribution in [0, 0.1) is 0 Å². The fourth-order valence-corrected chi connectivity index (χ4v) is 2.28. The van der Waals surface area contributed by atoms with Gasteiger partial charge in [-0.3, -0.25) is 9.59 Å². The fourth-order valence-electron chi connectivity index (χ4n) is 2.09. The van der Waals surface area contributed by atoms with Gasteiger partial charge in [0.05, 0.1) is 5.92 Å². The maximum absolute atomic E-state index is 12.4. The molecule has 0 bridgehead atoms. The van der Waals surface area contributed by atoms with Crippen molar-refractivity contribution in [2.24, 2.45) is 0 Å². The number of carbonyl (C=O) groups is 2. The zero-order valence-corrected chi connectivity index (χ0v) is 11.4. The van der Waals surface area contributed by atoms with Gasteiger partial charge in [0.25, 0.3) is 0 Å². The fraction of sp³-hybridized carbons (Fsp3) is 0.429. The zero-order valence-electron chi connectivity index (χ0n) is 10.7. The van der Waals surface area contributed by atoms with Crippen LogP contribution in [-0.2, 0) is 9.59 Å². The summed E-state index contributed by atoms with van der Waals surface area (Å²) in [4.78, 5) is 24.7. The number of carbonyl (C=O) groups excluding carboxylic acids is 1. The summed E-state index contributed by atoms with van der Waals surface area (Å²) >= 11 is 5.91. The van der Waals surface area contributed by atoms with Crippen molar-refractivity contribution in [2.75, 3.05) is 6.54 Å². The van der Waals surface area contributed by atoms with E-state index in [1.807, 2.05) is 6.07 Å². The molecule has 1 N–H and O–H groups in total. The molecule has 0 aliphatic heterocycles. The van der Waals surface area contributed by atoms with Crippen LogP contribution in [0.4, 0.5) is 0 Å². The Balaban J connectivity index is 2.14. The summed E-state index contributed by atoms with van der Waals surface area (Å²) in [6.45, 7) is 1.56. The molecule has 1 unspecified atom stereocenters. The van der Waals surface area contributed by atoms with Crippen LogP contribution in [0.2, 0.25) is 5.02 Å². The summed E-state index contributed by atoms with van der Waals surface area (Å²) in [6, 6.07) is 7.21.